The summed E-state index contributed by atoms with van der Waals surface area (Å²) >= 11 is 5.32. The fourth-order valence-electron chi connectivity index (χ4n) is 3.11. The second-order valence-electron chi connectivity index (χ2n) is 6.51. The fraction of sp³-hybridized carbons (Fsp3) is 0.556. The lowest BCUT2D eigenvalue weighted by Crippen LogP contribution is -2.47. The lowest BCUT2D eigenvalue weighted by molar-refractivity contribution is -0.115. The SMILES string of the molecule is Cc1cccc(C)c1NC(=O)CNC(=S)N[C@@H]1CCCC[C@@H]1C. The molecule has 4 nitrogen and oxygen atoms in total. The molecule has 1 amide bonds. The summed E-state index contributed by atoms with van der Waals surface area (Å²) in [6.07, 6.45) is 4.94. The molecule has 0 bridgehead atoms. The van der Waals surface area contributed by atoms with E-state index in [9.17, 15) is 4.79 Å². The van der Waals surface area contributed by atoms with Crippen LogP contribution in [0.5, 0.6) is 0 Å². The molecule has 0 spiro atoms. The predicted molar refractivity (Wildman–Crippen MR) is 99.7 cm³/mol. The highest BCUT2D eigenvalue weighted by molar-refractivity contribution is 7.80. The van der Waals surface area contributed by atoms with Crippen LogP contribution in [0.1, 0.15) is 43.7 Å². The summed E-state index contributed by atoms with van der Waals surface area (Å²) in [7, 11) is 0. The van der Waals surface area contributed by atoms with E-state index in [0.717, 1.165) is 23.2 Å². The number of thiocarbonyl (C=S) groups is 1. The summed E-state index contributed by atoms with van der Waals surface area (Å²) in [5.41, 5.74) is 3.02. The van der Waals surface area contributed by atoms with Crippen molar-refractivity contribution in [1.29, 1.82) is 0 Å². The number of amides is 1. The summed E-state index contributed by atoms with van der Waals surface area (Å²) in [6.45, 7) is 6.42. The van der Waals surface area contributed by atoms with Gasteiger partial charge in [0.2, 0.25) is 5.91 Å². The van der Waals surface area contributed by atoms with Gasteiger partial charge in [-0.3, -0.25) is 4.79 Å². The molecule has 0 radical (unpaired) electrons. The zero-order chi connectivity index (χ0) is 16.8. The highest BCUT2D eigenvalue weighted by atomic mass is 32.1. The van der Waals surface area contributed by atoms with Crippen LogP contribution in [-0.2, 0) is 4.79 Å². The third-order valence-electron chi connectivity index (χ3n) is 4.58. The maximum atomic E-state index is 12.1. The van der Waals surface area contributed by atoms with Crippen molar-refractivity contribution in [3.63, 3.8) is 0 Å². The normalized spacial score (nSPS) is 20.7. The maximum absolute atomic E-state index is 12.1. The Morgan fingerprint density at radius 3 is 2.52 bits per heavy atom. The van der Waals surface area contributed by atoms with Crippen molar-refractivity contribution in [2.45, 2.75) is 52.5 Å². The van der Waals surface area contributed by atoms with E-state index in [4.69, 9.17) is 12.2 Å². The number of para-hydroxylation sites is 1. The largest absolute Gasteiger partial charge is 0.360 e. The monoisotopic (exact) mass is 333 g/mol. The minimum atomic E-state index is -0.0803. The molecule has 2 atom stereocenters. The van der Waals surface area contributed by atoms with E-state index in [1.807, 2.05) is 32.0 Å². The molecule has 0 aromatic heterocycles. The number of hydrogen-bond donors (Lipinski definition) is 3. The van der Waals surface area contributed by atoms with Crippen LogP contribution >= 0.6 is 12.2 Å². The number of rotatable bonds is 4. The van der Waals surface area contributed by atoms with Crippen LogP contribution < -0.4 is 16.0 Å². The van der Waals surface area contributed by atoms with Crippen LogP contribution in [0.15, 0.2) is 18.2 Å². The van der Waals surface area contributed by atoms with Gasteiger partial charge in [0.05, 0.1) is 6.54 Å². The Balaban J connectivity index is 1.78. The first-order valence-electron chi connectivity index (χ1n) is 8.38. The fourth-order valence-corrected chi connectivity index (χ4v) is 3.33. The number of benzene rings is 1. The molecule has 23 heavy (non-hydrogen) atoms. The molecule has 0 aliphatic heterocycles. The molecule has 126 valence electrons. The minimum absolute atomic E-state index is 0.0803. The van der Waals surface area contributed by atoms with E-state index in [1.165, 1.54) is 19.3 Å². The van der Waals surface area contributed by atoms with E-state index >= 15 is 0 Å². The Morgan fingerprint density at radius 2 is 1.87 bits per heavy atom. The number of nitrogens with one attached hydrogen (secondary N) is 3. The first-order chi connectivity index (χ1) is 11.0. The molecule has 5 heteroatoms. The van der Waals surface area contributed by atoms with Crippen molar-refractivity contribution in [1.82, 2.24) is 10.6 Å². The van der Waals surface area contributed by atoms with Gasteiger partial charge in [0, 0.05) is 11.7 Å². The van der Waals surface area contributed by atoms with Crippen LogP contribution in [0.3, 0.4) is 0 Å². The van der Waals surface area contributed by atoms with Crippen LogP contribution in [0.4, 0.5) is 5.69 Å². The van der Waals surface area contributed by atoms with Gasteiger partial charge < -0.3 is 16.0 Å². The molecule has 1 aliphatic carbocycles. The van der Waals surface area contributed by atoms with Gasteiger partial charge in [0.25, 0.3) is 0 Å². The molecule has 1 aromatic rings. The summed E-state index contributed by atoms with van der Waals surface area (Å²) in [4.78, 5) is 12.1. The molecule has 3 N–H and O–H groups in total. The topological polar surface area (TPSA) is 53.2 Å². The van der Waals surface area contributed by atoms with Crippen molar-refractivity contribution < 1.29 is 4.79 Å². The zero-order valence-electron chi connectivity index (χ0n) is 14.2. The molecular weight excluding hydrogens is 306 g/mol. The van der Waals surface area contributed by atoms with Crippen LogP contribution in [0, 0.1) is 19.8 Å². The third-order valence-corrected chi connectivity index (χ3v) is 4.85. The van der Waals surface area contributed by atoms with Crippen LogP contribution in [0.25, 0.3) is 0 Å². The first-order valence-corrected chi connectivity index (χ1v) is 8.78. The number of aryl methyl sites for hydroxylation is 2. The Hall–Kier alpha value is -1.62. The predicted octanol–water partition coefficient (Wildman–Crippen LogP) is 3.28. The second kappa shape index (κ2) is 8.29. The highest BCUT2D eigenvalue weighted by Crippen LogP contribution is 2.23. The summed E-state index contributed by atoms with van der Waals surface area (Å²) in [6, 6.07) is 6.40. The molecule has 1 saturated carbocycles. The smallest absolute Gasteiger partial charge is 0.243 e. The Labute approximate surface area is 144 Å². The molecule has 1 aliphatic rings. The lowest BCUT2D eigenvalue weighted by Gasteiger charge is -2.30. The molecule has 0 heterocycles. The van der Waals surface area contributed by atoms with Crippen molar-refractivity contribution in [3.8, 4) is 0 Å². The number of hydrogen-bond acceptors (Lipinski definition) is 2. The van der Waals surface area contributed by atoms with E-state index in [2.05, 4.69) is 22.9 Å². The minimum Gasteiger partial charge on any atom is -0.360 e. The molecule has 2 rings (SSSR count). The van der Waals surface area contributed by atoms with Gasteiger partial charge in [-0.1, -0.05) is 38.0 Å². The van der Waals surface area contributed by atoms with E-state index in [1.54, 1.807) is 0 Å². The molecule has 0 unspecified atom stereocenters. The number of carbonyl (C=O) groups excluding carboxylic acids is 1. The van der Waals surface area contributed by atoms with Gasteiger partial charge in [-0.2, -0.15) is 0 Å². The average Bonchev–Trinajstić information content (AvgIpc) is 2.51. The van der Waals surface area contributed by atoms with Gasteiger partial charge in [0.15, 0.2) is 5.11 Å². The van der Waals surface area contributed by atoms with Gasteiger partial charge in [-0.25, -0.2) is 0 Å². The van der Waals surface area contributed by atoms with Gasteiger partial charge in [-0.15, -0.1) is 0 Å². The quantitative estimate of drug-likeness (QED) is 0.740. The van der Waals surface area contributed by atoms with E-state index in [0.29, 0.717) is 17.1 Å². The molecular formula is C18H27N3OS. The Kier molecular flexibility index (Phi) is 6.39. The van der Waals surface area contributed by atoms with Gasteiger partial charge >= 0.3 is 0 Å². The lowest BCUT2D eigenvalue weighted by atomic mass is 9.86. The zero-order valence-corrected chi connectivity index (χ0v) is 15.1. The summed E-state index contributed by atoms with van der Waals surface area (Å²) in [5.74, 6) is 0.551. The van der Waals surface area contributed by atoms with Crippen LogP contribution in [0.2, 0.25) is 0 Å². The van der Waals surface area contributed by atoms with Crippen molar-refractivity contribution >= 4 is 28.9 Å². The van der Waals surface area contributed by atoms with Crippen molar-refractivity contribution in [2.75, 3.05) is 11.9 Å². The van der Waals surface area contributed by atoms with Crippen molar-refractivity contribution in [2.24, 2.45) is 5.92 Å². The number of anilines is 1. The van der Waals surface area contributed by atoms with E-state index in [-0.39, 0.29) is 12.5 Å². The van der Waals surface area contributed by atoms with Gasteiger partial charge in [0.1, 0.15) is 0 Å². The number of carbonyl (C=O) groups is 1. The summed E-state index contributed by atoms with van der Waals surface area (Å²) in [5, 5.41) is 9.90. The van der Waals surface area contributed by atoms with E-state index < -0.39 is 0 Å². The van der Waals surface area contributed by atoms with Crippen molar-refractivity contribution in [3.05, 3.63) is 29.3 Å². The molecule has 1 fully saturated rings. The third kappa shape index (κ3) is 5.20. The molecule has 1 aromatic carbocycles. The highest BCUT2D eigenvalue weighted by Gasteiger charge is 2.21. The van der Waals surface area contributed by atoms with Gasteiger partial charge in [-0.05, 0) is 56.0 Å². The Morgan fingerprint density at radius 1 is 1.22 bits per heavy atom. The standard InChI is InChI=1S/C18H27N3OS/c1-12-7-4-5-10-15(12)20-18(23)19-11-16(22)21-17-13(2)8-6-9-14(17)3/h6,8-9,12,15H,4-5,7,10-11H2,1-3H3,(H,21,22)(H2,19,20,23)/t12-,15+/m0/s1. The second-order valence-corrected chi connectivity index (χ2v) is 6.92. The maximum Gasteiger partial charge on any atom is 0.243 e. The Bertz CT molecular complexity index is 553. The average molecular weight is 334 g/mol. The van der Waals surface area contributed by atoms with Crippen LogP contribution in [-0.4, -0.2) is 23.6 Å². The molecule has 0 saturated heterocycles. The first kappa shape index (κ1) is 17.7. The summed E-state index contributed by atoms with van der Waals surface area (Å²) < 4.78 is 0.